The molecule has 1 amide bonds. The molecule has 1 fully saturated rings. The lowest BCUT2D eigenvalue weighted by Crippen LogP contribution is -2.34. The molecule has 6 nitrogen and oxygen atoms in total. The highest BCUT2D eigenvalue weighted by Gasteiger charge is 2.35. The smallest absolute Gasteiger partial charge is 0.236 e. The average molecular weight is 329 g/mol. The molecular weight excluding hydrogens is 310 g/mol. The Hall–Kier alpha value is -2.02. The van der Waals surface area contributed by atoms with Crippen molar-refractivity contribution in [3.05, 3.63) is 24.3 Å². The van der Waals surface area contributed by atoms with Crippen molar-refractivity contribution in [3.8, 4) is 0 Å². The number of rotatable bonds is 3. The summed E-state index contributed by atoms with van der Waals surface area (Å²) in [7, 11) is 1.99. The lowest BCUT2D eigenvalue weighted by Gasteiger charge is -2.20. The molecule has 7 heteroatoms. The number of hydrogen-bond donors (Lipinski definition) is 0. The number of benzene rings is 1. The summed E-state index contributed by atoms with van der Waals surface area (Å²) < 4.78 is 4.08. The molecule has 120 valence electrons. The number of nitrogens with zero attached hydrogens (tertiary/aromatic N) is 5. The minimum Gasteiger partial charge on any atom is -0.339 e. The molecule has 1 aliphatic rings. The zero-order chi connectivity index (χ0) is 16.1. The van der Waals surface area contributed by atoms with Gasteiger partial charge < -0.3 is 9.47 Å². The first kappa shape index (κ1) is 14.6. The Balaban J connectivity index is 1.73. The van der Waals surface area contributed by atoms with Crippen molar-refractivity contribution in [1.29, 1.82) is 0 Å². The number of imidazole rings is 1. The van der Waals surface area contributed by atoms with E-state index in [1.54, 1.807) is 0 Å². The van der Waals surface area contributed by atoms with E-state index >= 15 is 0 Å². The van der Waals surface area contributed by atoms with Crippen LogP contribution in [0, 0.1) is 0 Å². The van der Waals surface area contributed by atoms with Crippen molar-refractivity contribution >= 4 is 34.5 Å². The van der Waals surface area contributed by atoms with Crippen LogP contribution in [-0.4, -0.2) is 47.8 Å². The number of carbonyl (C=O) groups excluding carboxylic acids is 1. The zero-order valence-corrected chi connectivity index (χ0v) is 14.2. The summed E-state index contributed by atoms with van der Waals surface area (Å²) in [5, 5.41) is 9.35. The fourth-order valence-corrected chi connectivity index (χ4v) is 4.32. The van der Waals surface area contributed by atoms with Gasteiger partial charge in [-0.1, -0.05) is 23.9 Å². The molecule has 0 spiro atoms. The normalized spacial score (nSPS) is 18.9. The van der Waals surface area contributed by atoms with Crippen molar-refractivity contribution in [2.45, 2.75) is 36.7 Å². The number of aryl methyl sites for hydroxylation is 1. The number of para-hydroxylation sites is 2. The average Bonchev–Trinajstić information content (AvgIpc) is 3.18. The van der Waals surface area contributed by atoms with Gasteiger partial charge in [0.2, 0.25) is 11.7 Å². The Kier molecular flexibility index (Phi) is 3.33. The van der Waals surface area contributed by atoms with Crippen molar-refractivity contribution in [2.75, 3.05) is 6.54 Å². The minimum atomic E-state index is -0.0660. The second-order valence-corrected chi connectivity index (χ2v) is 7.36. The third-order valence-electron chi connectivity index (χ3n) is 4.46. The predicted octanol–water partition coefficient (Wildman–Crippen LogP) is 2.32. The summed E-state index contributed by atoms with van der Waals surface area (Å²) >= 11 is 1.53. The number of amides is 1. The van der Waals surface area contributed by atoms with E-state index in [4.69, 9.17) is 0 Å². The van der Waals surface area contributed by atoms with Crippen LogP contribution in [0.15, 0.2) is 29.4 Å². The molecular formula is C16H19N5OS. The molecule has 1 unspecified atom stereocenters. The van der Waals surface area contributed by atoms with E-state index in [1.807, 2.05) is 33.0 Å². The van der Waals surface area contributed by atoms with Crippen LogP contribution in [-0.2, 0) is 11.8 Å². The highest BCUT2D eigenvalue weighted by atomic mass is 32.2. The molecule has 1 saturated heterocycles. The van der Waals surface area contributed by atoms with Crippen LogP contribution in [0.5, 0.6) is 0 Å². The van der Waals surface area contributed by atoms with Gasteiger partial charge in [0.05, 0.1) is 16.3 Å². The third kappa shape index (κ3) is 2.14. The first-order valence-electron chi connectivity index (χ1n) is 7.83. The lowest BCUT2D eigenvalue weighted by molar-refractivity contribution is -0.128. The predicted molar refractivity (Wildman–Crippen MR) is 90.6 cm³/mol. The number of carbonyl (C=O) groups is 1. The van der Waals surface area contributed by atoms with Gasteiger partial charge >= 0.3 is 0 Å². The highest BCUT2D eigenvalue weighted by molar-refractivity contribution is 8.00. The number of likely N-dealkylation sites (tertiary alicyclic amines) is 1. The largest absolute Gasteiger partial charge is 0.339 e. The topological polar surface area (TPSA) is 55.4 Å². The van der Waals surface area contributed by atoms with Gasteiger partial charge in [0.15, 0.2) is 5.16 Å². The molecule has 0 bridgehead atoms. The molecule has 4 rings (SSSR count). The number of thioether (sulfide) groups is 1. The minimum absolute atomic E-state index is 0.0660. The fraction of sp³-hybridized carbons (Fsp3) is 0.438. The Bertz CT molecular complexity index is 897. The van der Waals surface area contributed by atoms with Crippen LogP contribution >= 0.6 is 11.8 Å². The van der Waals surface area contributed by atoms with E-state index in [0.717, 1.165) is 34.9 Å². The molecule has 0 aliphatic carbocycles. The standard InChI is InChI=1S/C16H19N5OS/c1-10(2)20-9-8-13(14(20)22)23-16-18-17-15-19(3)11-6-4-5-7-12(11)21(15)16/h4-7,10,13H,8-9H2,1-3H3. The SMILES string of the molecule is CC(C)N1CCC(Sc2nnc3n(C)c4ccccc4n23)C1=O. The molecule has 1 aliphatic heterocycles. The molecule has 0 radical (unpaired) electrons. The monoisotopic (exact) mass is 329 g/mol. The lowest BCUT2D eigenvalue weighted by atomic mass is 10.3. The molecule has 1 aromatic carbocycles. The first-order chi connectivity index (χ1) is 11.1. The molecule has 1 atom stereocenters. The number of hydrogen-bond acceptors (Lipinski definition) is 4. The van der Waals surface area contributed by atoms with Crippen molar-refractivity contribution in [3.63, 3.8) is 0 Å². The van der Waals surface area contributed by atoms with Crippen molar-refractivity contribution in [2.24, 2.45) is 7.05 Å². The van der Waals surface area contributed by atoms with E-state index in [1.165, 1.54) is 11.8 Å². The Morgan fingerprint density at radius 1 is 1.22 bits per heavy atom. The summed E-state index contributed by atoms with van der Waals surface area (Å²) in [6.07, 6.45) is 0.862. The Morgan fingerprint density at radius 3 is 2.65 bits per heavy atom. The van der Waals surface area contributed by atoms with Crippen LogP contribution in [0.4, 0.5) is 0 Å². The quantitative estimate of drug-likeness (QED) is 0.740. The maximum atomic E-state index is 12.5. The summed E-state index contributed by atoms with van der Waals surface area (Å²) in [5.41, 5.74) is 2.18. The van der Waals surface area contributed by atoms with E-state index in [2.05, 4.69) is 36.2 Å². The second-order valence-electron chi connectivity index (χ2n) is 6.19. The van der Waals surface area contributed by atoms with E-state index in [9.17, 15) is 4.79 Å². The molecule has 0 saturated carbocycles. The van der Waals surface area contributed by atoms with E-state index < -0.39 is 0 Å². The van der Waals surface area contributed by atoms with E-state index in [0.29, 0.717) is 0 Å². The second kappa shape index (κ2) is 5.26. The van der Waals surface area contributed by atoms with Crippen LogP contribution in [0.1, 0.15) is 20.3 Å². The zero-order valence-electron chi connectivity index (χ0n) is 13.4. The summed E-state index contributed by atoms with van der Waals surface area (Å²) in [5.74, 6) is 1.02. The molecule has 3 aromatic rings. The summed E-state index contributed by atoms with van der Waals surface area (Å²) in [6, 6.07) is 8.41. The number of aromatic nitrogens is 4. The van der Waals surface area contributed by atoms with Crippen molar-refractivity contribution < 1.29 is 4.79 Å². The summed E-state index contributed by atoms with van der Waals surface area (Å²) in [6.45, 7) is 4.95. The highest BCUT2D eigenvalue weighted by Crippen LogP contribution is 2.32. The van der Waals surface area contributed by atoms with Gasteiger partial charge in [0, 0.05) is 19.6 Å². The van der Waals surface area contributed by atoms with Crippen LogP contribution < -0.4 is 0 Å². The summed E-state index contributed by atoms with van der Waals surface area (Å²) in [4.78, 5) is 14.5. The Morgan fingerprint density at radius 2 is 1.96 bits per heavy atom. The van der Waals surface area contributed by atoms with Gasteiger partial charge in [0.25, 0.3) is 0 Å². The van der Waals surface area contributed by atoms with Gasteiger partial charge in [-0.2, -0.15) is 0 Å². The van der Waals surface area contributed by atoms with Crippen molar-refractivity contribution in [1.82, 2.24) is 24.1 Å². The van der Waals surface area contributed by atoms with Crippen LogP contribution in [0.3, 0.4) is 0 Å². The molecule has 23 heavy (non-hydrogen) atoms. The third-order valence-corrected chi connectivity index (χ3v) is 5.66. The molecule has 2 aromatic heterocycles. The molecule has 0 N–H and O–H groups in total. The van der Waals surface area contributed by atoms with Gasteiger partial charge in [-0.05, 0) is 32.4 Å². The maximum Gasteiger partial charge on any atom is 0.236 e. The van der Waals surface area contributed by atoms with Gasteiger partial charge in [0.1, 0.15) is 0 Å². The first-order valence-corrected chi connectivity index (χ1v) is 8.71. The molecule has 3 heterocycles. The van der Waals surface area contributed by atoms with Gasteiger partial charge in [-0.25, -0.2) is 0 Å². The van der Waals surface area contributed by atoms with Gasteiger partial charge in [-0.15, -0.1) is 10.2 Å². The number of fused-ring (bicyclic) bond motifs is 3. The Labute approximate surface area is 138 Å². The maximum absolute atomic E-state index is 12.5. The fourth-order valence-electron chi connectivity index (χ4n) is 3.24. The van der Waals surface area contributed by atoms with Crippen LogP contribution in [0.25, 0.3) is 16.8 Å². The van der Waals surface area contributed by atoms with E-state index in [-0.39, 0.29) is 17.2 Å². The van der Waals surface area contributed by atoms with Gasteiger partial charge in [-0.3, -0.25) is 9.20 Å². The van der Waals surface area contributed by atoms with Crippen LogP contribution in [0.2, 0.25) is 0 Å².